The number of ether oxygens (including phenoxy) is 1. The van der Waals surface area contributed by atoms with Crippen molar-refractivity contribution >= 4 is 15.5 Å². The van der Waals surface area contributed by atoms with Crippen molar-refractivity contribution in [2.45, 2.75) is 56.8 Å². The van der Waals surface area contributed by atoms with Gasteiger partial charge in [0.2, 0.25) is 0 Å². The summed E-state index contributed by atoms with van der Waals surface area (Å²) in [4.78, 5) is 0.188. The first kappa shape index (κ1) is 17.8. The standard InChI is InChI=1S/C16H27NO3S/c1-3-4-5-6-7-8-9-12-21(18,19)16-13-14(20-2)10-11-15(16)17/h10-11,13H,3-9,12,17H2,1-2H3. The summed E-state index contributed by atoms with van der Waals surface area (Å²) < 4.78 is 29.7. The predicted octanol–water partition coefficient (Wildman–Crippen LogP) is 3.80. The van der Waals surface area contributed by atoms with Crippen LogP contribution in [0.25, 0.3) is 0 Å². The lowest BCUT2D eigenvalue weighted by Crippen LogP contribution is -2.09. The van der Waals surface area contributed by atoms with Crippen LogP contribution in [0.5, 0.6) is 5.75 Å². The van der Waals surface area contributed by atoms with Gasteiger partial charge in [0.1, 0.15) is 5.75 Å². The summed E-state index contributed by atoms with van der Waals surface area (Å²) in [5, 5.41) is 0. The molecule has 0 heterocycles. The van der Waals surface area contributed by atoms with E-state index < -0.39 is 9.84 Å². The molecule has 0 aromatic heterocycles. The first-order valence-electron chi connectivity index (χ1n) is 7.67. The molecule has 0 radical (unpaired) electrons. The van der Waals surface area contributed by atoms with Gasteiger partial charge in [0.15, 0.2) is 9.84 Å². The zero-order valence-electron chi connectivity index (χ0n) is 13.1. The van der Waals surface area contributed by atoms with Gasteiger partial charge in [0.25, 0.3) is 0 Å². The van der Waals surface area contributed by atoms with Gasteiger partial charge in [0, 0.05) is 6.07 Å². The van der Waals surface area contributed by atoms with Gasteiger partial charge in [0.05, 0.1) is 23.4 Å². The first-order valence-corrected chi connectivity index (χ1v) is 9.32. The Labute approximate surface area is 128 Å². The lowest BCUT2D eigenvalue weighted by atomic mass is 10.1. The van der Waals surface area contributed by atoms with E-state index in [9.17, 15) is 8.42 Å². The minimum atomic E-state index is -3.33. The molecule has 2 N–H and O–H groups in total. The zero-order valence-corrected chi connectivity index (χ0v) is 13.9. The SMILES string of the molecule is CCCCCCCCCS(=O)(=O)c1cc(OC)ccc1N. The number of nitrogen functional groups attached to an aromatic ring is 1. The molecule has 4 nitrogen and oxygen atoms in total. The smallest absolute Gasteiger partial charge is 0.180 e. The van der Waals surface area contributed by atoms with Crippen molar-refractivity contribution in [3.63, 3.8) is 0 Å². The Morgan fingerprint density at radius 3 is 2.29 bits per heavy atom. The van der Waals surface area contributed by atoms with E-state index in [0.29, 0.717) is 17.9 Å². The molecule has 0 saturated carbocycles. The van der Waals surface area contributed by atoms with Gasteiger partial charge >= 0.3 is 0 Å². The van der Waals surface area contributed by atoms with Gasteiger partial charge in [-0.3, -0.25) is 0 Å². The molecule has 5 heteroatoms. The van der Waals surface area contributed by atoms with Crippen molar-refractivity contribution in [3.8, 4) is 5.75 Å². The third-order valence-corrected chi connectivity index (χ3v) is 5.42. The highest BCUT2D eigenvalue weighted by atomic mass is 32.2. The van der Waals surface area contributed by atoms with E-state index in [1.807, 2.05) is 0 Å². The lowest BCUT2D eigenvalue weighted by Gasteiger charge is -2.09. The number of anilines is 1. The van der Waals surface area contributed by atoms with Crippen molar-refractivity contribution < 1.29 is 13.2 Å². The highest BCUT2D eigenvalue weighted by Crippen LogP contribution is 2.25. The summed E-state index contributed by atoms with van der Waals surface area (Å²) in [5.74, 6) is 0.667. The van der Waals surface area contributed by atoms with Crippen molar-refractivity contribution in [1.29, 1.82) is 0 Å². The summed E-state index contributed by atoms with van der Waals surface area (Å²) in [5.41, 5.74) is 6.07. The van der Waals surface area contributed by atoms with Crippen LogP contribution in [0.15, 0.2) is 23.1 Å². The Hall–Kier alpha value is -1.23. The normalized spacial score (nSPS) is 11.5. The molecule has 0 bridgehead atoms. The molecule has 1 aromatic carbocycles. The molecule has 0 amide bonds. The number of sulfone groups is 1. The van der Waals surface area contributed by atoms with Crippen LogP contribution < -0.4 is 10.5 Å². The second kappa shape index (κ2) is 8.93. The Morgan fingerprint density at radius 1 is 1.05 bits per heavy atom. The third kappa shape index (κ3) is 5.96. The Morgan fingerprint density at radius 2 is 1.67 bits per heavy atom. The first-order chi connectivity index (χ1) is 10.0. The largest absolute Gasteiger partial charge is 0.497 e. The Kier molecular flexibility index (Phi) is 7.57. The molecule has 0 atom stereocenters. The Balaban J connectivity index is 2.50. The summed E-state index contributed by atoms with van der Waals surface area (Å²) in [6.45, 7) is 2.19. The molecule has 0 aliphatic heterocycles. The minimum absolute atomic E-state index is 0.151. The minimum Gasteiger partial charge on any atom is -0.497 e. The average Bonchev–Trinajstić information content (AvgIpc) is 2.46. The molecule has 1 rings (SSSR count). The van der Waals surface area contributed by atoms with E-state index in [4.69, 9.17) is 10.5 Å². The maximum absolute atomic E-state index is 12.3. The quantitative estimate of drug-likeness (QED) is 0.527. The number of nitrogens with two attached hydrogens (primary N) is 1. The summed E-state index contributed by atoms with van der Waals surface area (Å²) in [7, 11) is -1.81. The van der Waals surface area contributed by atoms with Gasteiger partial charge in [-0.15, -0.1) is 0 Å². The molecule has 0 saturated heterocycles. The highest BCUT2D eigenvalue weighted by molar-refractivity contribution is 7.91. The van der Waals surface area contributed by atoms with Gasteiger partial charge in [-0.1, -0.05) is 45.4 Å². The maximum Gasteiger partial charge on any atom is 0.180 e. The molecule has 0 fully saturated rings. The monoisotopic (exact) mass is 313 g/mol. The number of unbranched alkanes of at least 4 members (excludes halogenated alkanes) is 6. The number of benzene rings is 1. The summed E-state index contributed by atoms with van der Waals surface area (Å²) in [6.07, 6.45) is 7.66. The van der Waals surface area contributed by atoms with Crippen LogP contribution in [0.4, 0.5) is 5.69 Å². The van der Waals surface area contributed by atoms with E-state index in [1.54, 1.807) is 12.1 Å². The van der Waals surface area contributed by atoms with Gasteiger partial charge in [-0.2, -0.15) is 0 Å². The second-order valence-electron chi connectivity index (χ2n) is 5.34. The molecular weight excluding hydrogens is 286 g/mol. The van der Waals surface area contributed by atoms with Crippen LogP contribution in [0, 0.1) is 0 Å². The van der Waals surface area contributed by atoms with Crippen molar-refractivity contribution in [2.75, 3.05) is 18.6 Å². The number of rotatable bonds is 10. The molecule has 0 unspecified atom stereocenters. The third-order valence-electron chi connectivity index (χ3n) is 3.57. The van der Waals surface area contributed by atoms with E-state index in [-0.39, 0.29) is 10.6 Å². The number of methoxy groups -OCH3 is 1. The molecule has 0 spiro atoms. The van der Waals surface area contributed by atoms with E-state index >= 15 is 0 Å². The fraction of sp³-hybridized carbons (Fsp3) is 0.625. The molecular formula is C16H27NO3S. The van der Waals surface area contributed by atoms with Gasteiger partial charge < -0.3 is 10.5 Å². The molecule has 0 aliphatic carbocycles. The van der Waals surface area contributed by atoms with Crippen molar-refractivity contribution in [1.82, 2.24) is 0 Å². The molecule has 21 heavy (non-hydrogen) atoms. The van der Waals surface area contributed by atoms with Crippen LogP contribution in [0.3, 0.4) is 0 Å². The lowest BCUT2D eigenvalue weighted by molar-refractivity contribution is 0.413. The fourth-order valence-corrected chi connectivity index (χ4v) is 3.80. The average molecular weight is 313 g/mol. The van der Waals surface area contributed by atoms with Crippen LogP contribution in [0.1, 0.15) is 51.9 Å². The van der Waals surface area contributed by atoms with E-state index in [0.717, 1.165) is 12.8 Å². The maximum atomic E-state index is 12.3. The van der Waals surface area contributed by atoms with Gasteiger partial charge in [-0.25, -0.2) is 8.42 Å². The van der Waals surface area contributed by atoms with Crippen LogP contribution in [0.2, 0.25) is 0 Å². The number of hydrogen-bond donors (Lipinski definition) is 1. The van der Waals surface area contributed by atoms with Crippen LogP contribution >= 0.6 is 0 Å². The predicted molar refractivity (Wildman–Crippen MR) is 87.5 cm³/mol. The molecule has 0 aliphatic rings. The van der Waals surface area contributed by atoms with Crippen LogP contribution in [-0.4, -0.2) is 21.3 Å². The molecule has 1 aromatic rings. The second-order valence-corrected chi connectivity index (χ2v) is 7.42. The topological polar surface area (TPSA) is 69.4 Å². The van der Waals surface area contributed by atoms with Crippen molar-refractivity contribution in [3.05, 3.63) is 18.2 Å². The zero-order chi connectivity index (χ0) is 15.7. The van der Waals surface area contributed by atoms with E-state index in [1.165, 1.54) is 38.9 Å². The molecule has 120 valence electrons. The highest BCUT2D eigenvalue weighted by Gasteiger charge is 2.18. The van der Waals surface area contributed by atoms with E-state index in [2.05, 4.69) is 6.92 Å². The summed E-state index contributed by atoms with van der Waals surface area (Å²) in [6, 6.07) is 4.75. The van der Waals surface area contributed by atoms with Gasteiger partial charge in [-0.05, 0) is 18.6 Å². The van der Waals surface area contributed by atoms with Crippen molar-refractivity contribution in [2.24, 2.45) is 0 Å². The Bertz CT molecular complexity index is 526. The summed E-state index contributed by atoms with van der Waals surface area (Å²) >= 11 is 0. The number of hydrogen-bond acceptors (Lipinski definition) is 4. The fourth-order valence-electron chi connectivity index (χ4n) is 2.27. The van der Waals surface area contributed by atoms with Crippen LogP contribution in [-0.2, 0) is 9.84 Å².